The van der Waals surface area contributed by atoms with Crippen LogP contribution in [0.4, 0.5) is 0 Å². The number of ether oxygens (including phenoxy) is 1. The van der Waals surface area contributed by atoms with Gasteiger partial charge in [0.2, 0.25) is 0 Å². The summed E-state index contributed by atoms with van der Waals surface area (Å²) in [6.45, 7) is 2.09. The third-order valence-corrected chi connectivity index (χ3v) is 4.02. The van der Waals surface area contributed by atoms with Crippen molar-refractivity contribution in [3.8, 4) is 0 Å². The van der Waals surface area contributed by atoms with Crippen LogP contribution in [-0.2, 0) is 20.7 Å². The summed E-state index contributed by atoms with van der Waals surface area (Å²) in [6.07, 6.45) is 6.22. The average molecular weight is 301 g/mol. The number of allylic oxidation sites excluding steroid dienone is 1. The van der Waals surface area contributed by atoms with E-state index >= 15 is 0 Å². The second kappa shape index (κ2) is 7.78. The standard InChI is InChI=1S/C18H23NO3/c1-3-7-15-13-16(20)10-11-19(15)17(18(21)22-2)12-14-8-5-4-6-9-14/h4-6,8-11,15,17H,3,7,12-13H2,1-2H3/t15-,17-/m0/s1. The van der Waals surface area contributed by atoms with Gasteiger partial charge in [-0.15, -0.1) is 0 Å². The minimum absolute atomic E-state index is 0.0651. The van der Waals surface area contributed by atoms with Crippen LogP contribution in [0.5, 0.6) is 0 Å². The van der Waals surface area contributed by atoms with Gasteiger partial charge in [-0.1, -0.05) is 43.7 Å². The summed E-state index contributed by atoms with van der Waals surface area (Å²) in [4.78, 5) is 26.0. The zero-order valence-corrected chi connectivity index (χ0v) is 13.2. The predicted octanol–water partition coefficient (Wildman–Crippen LogP) is 2.73. The van der Waals surface area contributed by atoms with E-state index in [0.29, 0.717) is 12.8 Å². The van der Waals surface area contributed by atoms with Crippen molar-refractivity contribution >= 4 is 11.8 Å². The van der Waals surface area contributed by atoms with Gasteiger partial charge in [0.1, 0.15) is 6.04 Å². The summed E-state index contributed by atoms with van der Waals surface area (Å²) in [5.41, 5.74) is 1.08. The summed E-state index contributed by atoms with van der Waals surface area (Å²) < 4.78 is 4.99. The fourth-order valence-corrected chi connectivity index (χ4v) is 2.92. The smallest absolute Gasteiger partial charge is 0.328 e. The number of nitrogens with zero attached hydrogens (tertiary/aromatic N) is 1. The van der Waals surface area contributed by atoms with Gasteiger partial charge in [0, 0.05) is 25.1 Å². The van der Waals surface area contributed by atoms with E-state index in [0.717, 1.165) is 18.4 Å². The third kappa shape index (κ3) is 3.97. The molecule has 0 aromatic heterocycles. The van der Waals surface area contributed by atoms with Crippen LogP contribution in [0.15, 0.2) is 42.6 Å². The quantitative estimate of drug-likeness (QED) is 0.758. The van der Waals surface area contributed by atoms with Gasteiger partial charge in [-0.25, -0.2) is 4.79 Å². The van der Waals surface area contributed by atoms with Crippen molar-refractivity contribution < 1.29 is 14.3 Å². The molecule has 1 aromatic rings. The second-order valence-electron chi connectivity index (χ2n) is 5.60. The number of ketones is 1. The fraction of sp³-hybridized carbons (Fsp3) is 0.444. The van der Waals surface area contributed by atoms with Crippen molar-refractivity contribution in [3.05, 3.63) is 48.2 Å². The Kier molecular flexibility index (Phi) is 5.75. The zero-order valence-electron chi connectivity index (χ0n) is 13.2. The van der Waals surface area contributed by atoms with Crippen LogP contribution in [0.25, 0.3) is 0 Å². The Labute approximate surface area is 131 Å². The van der Waals surface area contributed by atoms with E-state index in [4.69, 9.17) is 4.74 Å². The third-order valence-electron chi connectivity index (χ3n) is 4.02. The van der Waals surface area contributed by atoms with Gasteiger partial charge < -0.3 is 9.64 Å². The lowest BCUT2D eigenvalue weighted by molar-refractivity contribution is -0.147. The van der Waals surface area contributed by atoms with Crippen molar-refractivity contribution in [2.75, 3.05) is 7.11 Å². The fourth-order valence-electron chi connectivity index (χ4n) is 2.92. The molecule has 2 rings (SSSR count). The topological polar surface area (TPSA) is 46.6 Å². The van der Waals surface area contributed by atoms with E-state index in [1.165, 1.54) is 7.11 Å². The van der Waals surface area contributed by atoms with Crippen LogP contribution in [-0.4, -0.2) is 35.8 Å². The number of rotatable bonds is 6. The zero-order chi connectivity index (χ0) is 15.9. The summed E-state index contributed by atoms with van der Waals surface area (Å²) >= 11 is 0. The first-order valence-electron chi connectivity index (χ1n) is 7.76. The normalized spacial score (nSPS) is 19.1. The first kappa shape index (κ1) is 16.3. The molecule has 0 aliphatic carbocycles. The van der Waals surface area contributed by atoms with Crippen molar-refractivity contribution in [1.29, 1.82) is 0 Å². The minimum Gasteiger partial charge on any atom is -0.467 e. The largest absolute Gasteiger partial charge is 0.467 e. The predicted molar refractivity (Wildman–Crippen MR) is 85.2 cm³/mol. The lowest BCUT2D eigenvalue weighted by atomic mass is 9.96. The monoisotopic (exact) mass is 301 g/mol. The number of hydrogen-bond donors (Lipinski definition) is 0. The molecule has 0 N–H and O–H groups in total. The van der Waals surface area contributed by atoms with Crippen LogP contribution in [0.1, 0.15) is 31.7 Å². The highest BCUT2D eigenvalue weighted by Crippen LogP contribution is 2.23. The molecule has 22 heavy (non-hydrogen) atoms. The van der Waals surface area contributed by atoms with E-state index in [9.17, 15) is 9.59 Å². The summed E-state index contributed by atoms with van der Waals surface area (Å²) in [5, 5.41) is 0. The van der Waals surface area contributed by atoms with E-state index < -0.39 is 6.04 Å². The van der Waals surface area contributed by atoms with Crippen molar-refractivity contribution in [2.45, 2.75) is 44.7 Å². The highest BCUT2D eigenvalue weighted by molar-refractivity contribution is 5.91. The number of hydrogen-bond acceptors (Lipinski definition) is 4. The lowest BCUT2D eigenvalue weighted by Crippen LogP contribution is -2.48. The molecule has 0 saturated heterocycles. The molecule has 4 heteroatoms. The molecule has 0 spiro atoms. The summed E-state index contributed by atoms with van der Waals surface area (Å²) in [7, 11) is 1.41. The van der Waals surface area contributed by atoms with Gasteiger partial charge in [-0.2, -0.15) is 0 Å². The molecule has 4 nitrogen and oxygen atoms in total. The highest BCUT2D eigenvalue weighted by Gasteiger charge is 2.32. The number of methoxy groups -OCH3 is 1. The van der Waals surface area contributed by atoms with Crippen LogP contribution in [0.3, 0.4) is 0 Å². The number of benzene rings is 1. The summed E-state index contributed by atoms with van der Waals surface area (Å²) in [5.74, 6) is -0.137. The Morgan fingerprint density at radius 2 is 2.09 bits per heavy atom. The van der Waals surface area contributed by atoms with Crippen LogP contribution >= 0.6 is 0 Å². The van der Waals surface area contributed by atoms with Crippen molar-refractivity contribution in [3.63, 3.8) is 0 Å². The van der Waals surface area contributed by atoms with Crippen LogP contribution in [0.2, 0.25) is 0 Å². The van der Waals surface area contributed by atoms with Gasteiger partial charge in [-0.3, -0.25) is 4.79 Å². The number of carbonyl (C=O) groups excluding carboxylic acids is 2. The second-order valence-corrected chi connectivity index (χ2v) is 5.60. The van der Waals surface area contributed by atoms with Gasteiger partial charge in [0.05, 0.1) is 7.11 Å². The molecular weight excluding hydrogens is 278 g/mol. The van der Waals surface area contributed by atoms with Gasteiger partial charge in [-0.05, 0) is 18.1 Å². The Morgan fingerprint density at radius 1 is 1.36 bits per heavy atom. The van der Waals surface area contributed by atoms with Crippen molar-refractivity contribution in [1.82, 2.24) is 4.90 Å². The molecule has 0 saturated carbocycles. The Bertz CT molecular complexity index is 539. The van der Waals surface area contributed by atoms with Gasteiger partial charge >= 0.3 is 5.97 Å². The molecule has 0 bridgehead atoms. The van der Waals surface area contributed by atoms with E-state index in [2.05, 4.69) is 6.92 Å². The molecule has 1 aliphatic heterocycles. The van der Waals surface area contributed by atoms with E-state index in [-0.39, 0.29) is 17.8 Å². The molecule has 0 unspecified atom stereocenters. The Morgan fingerprint density at radius 3 is 2.73 bits per heavy atom. The molecule has 1 heterocycles. The molecular formula is C18H23NO3. The van der Waals surface area contributed by atoms with Crippen LogP contribution in [0, 0.1) is 0 Å². The lowest BCUT2D eigenvalue weighted by Gasteiger charge is -2.37. The number of esters is 1. The molecule has 118 valence electrons. The molecule has 0 fully saturated rings. The van der Waals surface area contributed by atoms with Crippen molar-refractivity contribution in [2.24, 2.45) is 0 Å². The molecule has 1 aliphatic rings. The number of carbonyl (C=O) groups is 2. The SMILES string of the molecule is CCC[C@H]1CC(=O)C=CN1[C@@H](Cc1ccccc1)C(=O)OC. The maximum atomic E-state index is 12.3. The first-order chi connectivity index (χ1) is 10.7. The minimum atomic E-state index is -0.395. The van der Waals surface area contributed by atoms with Crippen LogP contribution < -0.4 is 0 Å². The molecule has 2 atom stereocenters. The van der Waals surface area contributed by atoms with Gasteiger partial charge in [0.25, 0.3) is 0 Å². The summed E-state index contributed by atoms with van der Waals surface area (Å²) in [6, 6.07) is 9.55. The maximum Gasteiger partial charge on any atom is 0.328 e. The highest BCUT2D eigenvalue weighted by atomic mass is 16.5. The first-order valence-corrected chi connectivity index (χ1v) is 7.76. The van der Waals surface area contributed by atoms with E-state index in [1.54, 1.807) is 12.3 Å². The van der Waals surface area contributed by atoms with E-state index in [1.807, 2.05) is 35.2 Å². The molecule has 0 radical (unpaired) electrons. The Balaban J connectivity index is 2.25. The molecule has 0 amide bonds. The average Bonchev–Trinajstić information content (AvgIpc) is 2.54. The van der Waals surface area contributed by atoms with Gasteiger partial charge in [0.15, 0.2) is 5.78 Å². The Hall–Kier alpha value is -2.10. The molecule has 1 aromatic carbocycles. The maximum absolute atomic E-state index is 12.3.